The third-order valence-corrected chi connectivity index (χ3v) is 15.1. The van der Waals surface area contributed by atoms with Gasteiger partial charge in [-0.25, -0.2) is 4.79 Å². The van der Waals surface area contributed by atoms with Gasteiger partial charge in [-0.2, -0.15) is 0 Å². The van der Waals surface area contributed by atoms with Gasteiger partial charge in [0.15, 0.2) is 6.29 Å². The molecule has 1 fully saturated rings. The van der Waals surface area contributed by atoms with Gasteiger partial charge in [-0.1, -0.05) is 275 Å². The van der Waals surface area contributed by atoms with Crippen LogP contribution in [0.5, 0.6) is 0 Å². The maximum Gasteiger partial charge on any atom is 0.411 e. The Morgan fingerprint density at radius 1 is 0.542 bits per heavy atom. The first kappa shape index (κ1) is 63.9. The second-order valence-corrected chi connectivity index (χ2v) is 21.5. The molecule has 0 spiro atoms. The summed E-state index contributed by atoms with van der Waals surface area (Å²) in [5.41, 5.74) is 0.559. The Balaban J connectivity index is 1.34. The minimum atomic E-state index is -1.63. The van der Waals surface area contributed by atoms with Gasteiger partial charge >= 0.3 is 6.09 Å². The fraction of sp³-hybridized carbons (Fsp3) is 0.820. The van der Waals surface area contributed by atoms with E-state index in [-0.39, 0.29) is 6.61 Å². The number of carbonyl (C=O) groups excluding carboxylic acids is 1. The minimum Gasteiger partial charge on any atom is -0.446 e. The van der Waals surface area contributed by atoms with Gasteiger partial charge in [0.1, 0.15) is 31.0 Å². The Labute approximate surface area is 438 Å². The molecule has 0 bridgehead atoms. The molecule has 1 aliphatic heterocycles. The van der Waals surface area contributed by atoms with Gasteiger partial charge in [0.05, 0.1) is 30.5 Å². The molecule has 416 valence electrons. The van der Waals surface area contributed by atoms with Crippen LogP contribution in [0.4, 0.5) is 10.5 Å². The summed E-state index contributed by atoms with van der Waals surface area (Å²) in [7, 11) is 0. The zero-order chi connectivity index (χ0) is 51.7. The van der Waals surface area contributed by atoms with Gasteiger partial charge < -0.3 is 45.1 Å². The highest BCUT2D eigenvalue weighted by Crippen LogP contribution is 2.26. The Bertz CT molecular complexity index is 1560. The highest BCUT2D eigenvalue weighted by Gasteiger charge is 2.45. The van der Waals surface area contributed by atoms with Crippen LogP contribution in [0, 0.1) is 0 Å². The molecule has 1 amide bonds. The van der Waals surface area contributed by atoms with Gasteiger partial charge in [0.25, 0.3) is 0 Å². The van der Waals surface area contributed by atoms with Crippen LogP contribution in [-0.2, 0) is 14.2 Å². The quantitative estimate of drug-likeness (QED) is 0.0317. The molecule has 11 heteroatoms. The number of aliphatic hydroxyl groups excluding tert-OH is 5. The summed E-state index contributed by atoms with van der Waals surface area (Å²) in [6, 6.07) is 12.5. The molecule has 7 N–H and O–H groups in total. The smallest absolute Gasteiger partial charge is 0.411 e. The van der Waals surface area contributed by atoms with E-state index in [9.17, 15) is 30.3 Å². The lowest BCUT2D eigenvalue weighted by molar-refractivity contribution is -0.302. The van der Waals surface area contributed by atoms with Crippen LogP contribution >= 0.6 is 0 Å². The standard InChI is InChI=1S/C61H108N2O9/c1-3-5-7-9-11-13-15-17-18-19-20-21-22-23-24-25-26-27-28-30-32-34-36-40-47-62-53(56(65)54(64)46-37-35-33-31-29-16-14-12-10-8-6-4-2)48-70-60-59(68)58(67)57(66)55(72-60)49-71-61(69)63-52-45-41-43-50-42-38-39-44-51(50)52/h38-39,41-45,53-60,62,64-68H,3-37,40,46-49H2,1-2H3,(H,63,69)/t53-,54+,55+,56-,57-,58-,59+,60-/m0/s1. The summed E-state index contributed by atoms with van der Waals surface area (Å²) in [5.74, 6) is 0. The molecule has 2 aromatic carbocycles. The number of benzene rings is 2. The van der Waals surface area contributed by atoms with Crippen molar-refractivity contribution < 1.29 is 44.5 Å². The third-order valence-electron chi connectivity index (χ3n) is 15.1. The predicted octanol–water partition coefficient (Wildman–Crippen LogP) is 14.4. The van der Waals surface area contributed by atoms with Crippen LogP contribution in [0.2, 0.25) is 0 Å². The molecule has 0 radical (unpaired) electrons. The molecule has 3 rings (SSSR count). The fourth-order valence-corrected chi connectivity index (χ4v) is 10.3. The lowest BCUT2D eigenvalue weighted by atomic mass is 9.98. The van der Waals surface area contributed by atoms with Crippen molar-refractivity contribution in [2.24, 2.45) is 0 Å². The van der Waals surface area contributed by atoms with Crippen molar-refractivity contribution in [3.05, 3.63) is 42.5 Å². The summed E-state index contributed by atoms with van der Waals surface area (Å²) >= 11 is 0. The van der Waals surface area contributed by atoms with Gasteiger partial charge in [0.2, 0.25) is 0 Å². The first-order valence-electron chi connectivity index (χ1n) is 30.1. The average Bonchev–Trinajstić information content (AvgIpc) is 3.39. The second-order valence-electron chi connectivity index (χ2n) is 21.5. The van der Waals surface area contributed by atoms with Crippen molar-refractivity contribution in [1.82, 2.24) is 5.32 Å². The molecule has 8 atom stereocenters. The maximum absolute atomic E-state index is 12.9. The number of fused-ring (bicyclic) bond motifs is 1. The number of aliphatic hydroxyl groups is 5. The van der Waals surface area contributed by atoms with Crippen LogP contribution in [0.3, 0.4) is 0 Å². The SMILES string of the molecule is CCCCCCCCCCCCCCCCCCCCCCCCCCN[C@@H](CO[C@H]1O[C@H](COC(=O)Nc2cccc3ccccc23)[C@H](O)[C@H](O)[C@H]1O)[C@H](O)[C@H](O)CCCCCCCCCCCCCC. The monoisotopic (exact) mass is 1010 g/mol. The highest BCUT2D eigenvalue weighted by atomic mass is 16.7. The summed E-state index contributed by atoms with van der Waals surface area (Å²) in [6.07, 6.45) is 37.0. The van der Waals surface area contributed by atoms with Crippen molar-refractivity contribution in [3.63, 3.8) is 0 Å². The minimum absolute atomic E-state index is 0.129. The highest BCUT2D eigenvalue weighted by molar-refractivity contribution is 6.00. The number of nitrogens with one attached hydrogen (secondary N) is 2. The molecule has 1 heterocycles. The molecule has 11 nitrogen and oxygen atoms in total. The van der Waals surface area contributed by atoms with Crippen molar-refractivity contribution in [2.45, 2.75) is 300 Å². The van der Waals surface area contributed by atoms with Crippen LogP contribution in [-0.4, -0.2) is 100 Å². The lowest BCUT2D eigenvalue weighted by Crippen LogP contribution is -2.60. The summed E-state index contributed by atoms with van der Waals surface area (Å²) in [6.45, 7) is 4.61. The van der Waals surface area contributed by atoms with E-state index in [0.29, 0.717) is 18.7 Å². The molecule has 72 heavy (non-hydrogen) atoms. The number of unbranched alkanes of at least 4 members (excludes halogenated alkanes) is 34. The number of hydrogen-bond acceptors (Lipinski definition) is 10. The van der Waals surface area contributed by atoms with E-state index < -0.39 is 61.7 Å². The number of amides is 1. The van der Waals surface area contributed by atoms with Crippen molar-refractivity contribution >= 4 is 22.6 Å². The maximum atomic E-state index is 12.9. The van der Waals surface area contributed by atoms with Crippen molar-refractivity contribution in [2.75, 3.05) is 25.1 Å². The lowest BCUT2D eigenvalue weighted by Gasteiger charge is -2.40. The first-order chi connectivity index (χ1) is 35.3. The van der Waals surface area contributed by atoms with Crippen LogP contribution in [0.1, 0.15) is 251 Å². The predicted molar refractivity (Wildman–Crippen MR) is 298 cm³/mol. The van der Waals surface area contributed by atoms with Crippen molar-refractivity contribution in [3.8, 4) is 0 Å². The molecule has 0 unspecified atom stereocenters. The Morgan fingerprint density at radius 3 is 1.46 bits per heavy atom. The molecule has 1 aliphatic rings. The average molecular weight is 1010 g/mol. The molecule has 0 saturated carbocycles. The molecule has 1 saturated heterocycles. The molecule has 0 aliphatic carbocycles. The molecule has 2 aromatic rings. The first-order valence-corrected chi connectivity index (χ1v) is 30.1. The van der Waals surface area contributed by atoms with Crippen LogP contribution < -0.4 is 10.6 Å². The number of rotatable bonds is 47. The summed E-state index contributed by atoms with van der Waals surface area (Å²) in [5, 5.41) is 63.1. The fourth-order valence-electron chi connectivity index (χ4n) is 10.3. The number of carbonyl (C=O) groups is 1. The Morgan fingerprint density at radius 2 is 0.972 bits per heavy atom. The number of hydrogen-bond donors (Lipinski definition) is 7. The van der Waals surface area contributed by atoms with E-state index in [1.165, 1.54) is 193 Å². The van der Waals surface area contributed by atoms with E-state index in [1.807, 2.05) is 36.4 Å². The topological polar surface area (TPSA) is 170 Å². The number of ether oxygens (including phenoxy) is 3. The summed E-state index contributed by atoms with van der Waals surface area (Å²) < 4.78 is 17.3. The van der Waals surface area contributed by atoms with E-state index in [2.05, 4.69) is 24.5 Å². The Kier molecular flexibility index (Phi) is 38.0. The second kappa shape index (κ2) is 42.8. The van der Waals surface area contributed by atoms with Crippen LogP contribution in [0.25, 0.3) is 10.8 Å². The molecule has 0 aromatic heterocycles. The zero-order valence-electron chi connectivity index (χ0n) is 45.8. The summed E-state index contributed by atoms with van der Waals surface area (Å²) in [4.78, 5) is 12.9. The Hall–Kier alpha value is -2.35. The molecular formula is C61H108N2O9. The molecular weight excluding hydrogens is 905 g/mol. The van der Waals surface area contributed by atoms with Crippen molar-refractivity contribution in [1.29, 1.82) is 0 Å². The van der Waals surface area contributed by atoms with Gasteiger partial charge in [0, 0.05) is 5.39 Å². The van der Waals surface area contributed by atoms with E-state index in [0.717, 1.165) is 49.3 Å². The van der Waals surface area contributed by atoms with E-state index >= 15 is 0 Å². The number of anilines is 1. The van der Waals surface area contributed by atoms with Gasteiger partial charge in [-0.05, 0) is 30.8 Å². The van der Waals surface area contributed by atoms with E-state index in [1.54, 1.807) is 6.07 Å². The van der Waals surface area contributed by atoms with Gasteiger partial charge in [-0.15, -0.1) is 0 Å². The normalized spacial score (nSPS) is 19.4. The zero-order valence-corrected chi connectivity index (χ0v) is 45.8. The van der Waals surface area contributed by atoms with Crippen LogP contribution in [0.15, 0.2) is 42.5 Å². The third kappa shape index (κ3) is 29.1. The largest absolute Gasteiger partial charge is 0.446 e. The van der Waals surface area contributed by atoms with Gasteiger partial charge in [-0.3, -0.25) is 5.32 Å². The van der Waals surface area contributed by atoms with E-state index in [4.69, 9.17) is 14.2 Å².